The van der Waals surface area contributed by atoms with Crippen molar-refractivity contribution in [3.05, 3.63) is 48.0 Å². The van der Waals surface area contributed by atoms with E-state index in [1.165, 1.54) is 11.3 Å². The lowest BCUT2D eigenvalue weighted by atomic mass is 10.3. The molecule has 19 heavy (non-hydrogen) atoms. The Bertz CT molecular complexity index is 603. The molecule has 0 radical (unpaired) electrons. The van der Waals surface area contributed by atoms with Crippen LogP contribution in [0.1, 0.15) is 6.92 Å². The highest BCUT2D eigenvalue weighted by atomic mass is 32.1. The number of carbonyl (C=O) groups excluding carboxylic acids is 1. The van der Waals surface area contributed by atoms with E-state index in [4.69, 9.17) is 4.74 Å². The van der Waals surface area contributed by atoms with Crippen molar-refractivity contribution in [2.45, 2.75) is 6.92 Å². The van der Waals surface area contributed by atoms with E-state index in [1.807, 2.05) is 5.38 Å². The van der Waals surface area contributed by atoms with E-state index in [9.17, 15) is 4.79 Å². The quantitative estimate of drug-likeness (QED) is 0.365. The summed E-state index contributed by atoms with van der Waals surface area (Å²) in [6.07, 6.45) is 1.67. The van der Waals surface area contributed by atoms with Crippen LogP contribution in [-0.2, 0) is 4.79 Å². The molecule has 1 aromatic carbocycles. The van der Waals surface area contributed by atoms with Gasteiger partial charge >= 0.3 is 5.97 Å². The molecule has 0 saturated heterocycles. The Morgan fingerprint density at radius 3 is 2.63 bits per heavy atom. The van der Waals surface area contributed by atoms with E-state index in [2.05, 4.69) is 21.8 Å². The smallest absolute Gasteiger partial charge is 0.338 e. The Hall–Kier alpha value is -2.34. The zero-order chi connectivity index (χ0) is 13.7. The van der Waals surface area contributed by atoms with Crippen molar-refractivity contribution < 1.29 is 9.53 Å². The molecule has 0 amide bonds. The van der Waals surface area contributed by atoms with Crippen molar-refractivity contribution in [2.75, 3.05) is 0 Å². The van der Waals surface area contributed by atoms with Gasteiger partial charge in [-0.15, -0.1) is 21.6 Å². The van der Waals surface area contributed by atoms with Crippen LogP contribution < -0.4 is 4.74 Å². The van der Waals surface area contributed by atoms with Gasteiger partial charge in [0.2, 0.25) is 5.13 Å². The minimum Gasteiger partial charge on any atom is -0.423 e. The molecule has 1 heterocycles. The first-order chi connectivity index (χ1) is 9.15. The number of thiazole rings is 1. The molecule has 6 heteroatoms. The molecule has 5 nitrogen and oxygen atoms in total. The summed E-state index contributed by atoms with van der Waals surface area (Å²) in [4.78, 5) is 15.3. The van der Waals surface area contributed by atoms with Crippen molar-refractivity contribution in [1.82, 2.24) is 4.98 Å². The summed E-state index contributed by atoms with van der Waals surface area (Å²) in [5, 5.41) is 10.4. The molecule has 0 aliphatic heterocycles. The summed E-state index contributed by atoms with van der Waals surface area (Å²) in [5.41, 5.74) is 1.01. The largest absolute Gasteiger partial charge is 0.423 e. The number of azo groups is 1. The van der Waals surface area contributed by atoms with Gasteiger partial charge in [-0.3, -0.25) is 0 Å². The molecule has 0 unspecified atom stereocenters. The molecule has 0 saturated carbocycles. The maximum Gasteiger partial charge on any atom is 0.338 e. The lowest BCUT2D eigenvalue weighted by molar-refractivity contribution is -0.130. The fraction of sp³-hybridized carbons (Fsp3) is 0.0769. The summed E-state index contributed by atoms with van der Waals surface area (Å²) < 4.78 is 5.06. The maximum atomic E-state index is 11.3. The highest BCUT2D eigenvalue weighted by Gasteiger charge is 2.04. The van der Waals surface area contributed by atoms with E-state index >= 15 is 0 Å². The zero-order valence-corrected chi connectivity index (χ0v) is 11.1. The topological polar surface area (TPSA) is 63.9 Å². The first-order valence-electron chi connectivity index (χ1n) is 5.44. The van der Waals surface area contributed by atoms with Gasteiger partial charge in [-0.05, 0) is 31.2 Å². The van der Waals surface area contributed by atoms with Gasteiger partial charge < -0.3 is 4.74 Å². The van der Waals surface area contributed by atoms with Crippen LogP contribution in [0.3, 0.4) is 0 Å². The van der Waals surface area contributed by atoms with Gasteiger partial charge in [0, 0.05) is 17.2 Å². The molecule has 0 aliphatic carbocycles. The fourth-order valence-electron chi connectivity index (χ4n) is 1.14. The number of carbonyl (C=O) groups is 1. The molecule has 0 atom stereocenters. The lowest BCUT2D eigenvalue weighted by Crippen LogP contribution is -2.07. The van der Waals surface area contributed by atoms with Gasteiger partial charge in [0.15, 0.2) is 0 Å². The maximum absolute atomic E-state index is 11.3. The molecule has 0 aliphatic rings. The van der Waals surface area contributed by atoms with Gasteiger partial charge in [-0.1, -0.05) is 6.58 Å². The Morgan fingerprint density at radius 2 is 2.05 bits per heavy atom. The average molecular weight is 273 g/mol. The third-order valence-electron chi connectivity index (χ3n) is 2.07. The van der Waals surface area contributed by atoms with Crippen molar-refractivity contribution >= 4 is 28.1 Å². The van der Waals surface area contributed by atoms with Crippen molar-refractivity contribution in [1.29, 1.82) is 0 Å². The van der Waals surface area contributed by atoms with Gasteiger partial charge in [-0.25, -0.2) is 9.78 Å². The minimum atomic E-state index is -0.447. The van der Waals surface area contributed by atoms with E-state index < -0.39 is 5.97 Å². The lowest BCUT2D eigenvalue weighted by Gasteiger charge is -2.02. The number of hydrogen-bond acceptors (Lipinski definition) is 6. The third kappa shape index (κ3) is 3.82. The predicted octanol–water partition coefficient (Wildman–Crippen LogP) is 4.04. The monoisotopic (exact) mass is 273 g/mol. The van der Waals surface area contributed by atoms with E-state index in [1.54, 1.807) is 37.4 Å². The SMILES string of the molecule is C=C(C)C(=O)Oc1ccc(N=Nc2nccs2)cc1. The van der Waals surface area contributed by atoms with Gasteiger partial charge in [0.1, 0.15) is 5.75 Å². The summed E-state index contributed by atoms with van der Waals surface area (Å²) in [7, 11) is 0. The van der Waals surface area contributed by atoms with Crippen LogP contribution in [0.4, 0.5) is 10.8 Å². The molecule has 0 fully saturated rings. The molecule has 0 spiro atoms. The Labute approximate surface area is 114 Å². The van der Waals surface area contributed by atoms with Crippen molar-refractivity contribution in [3.8, 4) is 5.75 Å². The Balaban J connectivity index is 2.02. The predicted molar refractivity (Wildman–Crippen MR) is 73.2 cm³/mol. The van der Waals surface area contributed by atoms with E-state index in [0.29, 0.717) is 22.1 Å². The second kappa shape index (κ2) is 6.01. The number of rotatable bonds is 4. The molecule has 2 rings (SSSR count). The minimum absolute atomic E-state index is 0.354. The number of aromatic nitrogens is 1. The van der Waals surface area contributed by atoms with Crippen LogP contribution in [0.25, 0.3) is 0 Å². The summed E-state index contributed by atoms with van der Waals surface area (Å²) >= 11 is 1.41. The average Bonchev–Trinajstić information content (AvgIpc) is 2.91. The second-order valence-electron chi connectivity index (χ2n) is 3.68. The van der Waals surface area contributed by atoms with Crippen LogP contribution in [0, 0.1) is 0 Å². The molecule has 2 aromatic rings. The Kier molecular flexibility index (Phi) is 4.15. The number of esters is 1. The highest BCUT2D eigenvalue weighted by Crippen LogP contribution is 2.22. The Morgan fingerprint density at radius 1 is 1.32 bits per heavy atom. The van der Waals surface area contributed by atoms with Gasteiger partial charge in [0.05, 0.1) is 5.69 Å². The first kappa shape index (κ1) is 13.1. The molecule has 0 bridgehead atoms. The van der Waals surface area contributed by atoms with Crippen LogP contribution in [-0.4, -0.2) is 11.0 Å². The van der Waals surface area contributed by atoms with Crippen molar-refractivity contribution in [2.24, 2.45) is 10.2 Å². The molecular weight excluding hydrogens is 262 g/mol. The van der Waals surface area contributed by atoms with Crippen LogP contribution in [0.5, 0.6) is 5.75 Å². The van der Waals surface area contributed by atoms with Crippen molar-refractivity contribution in [3.63, 3.8) is 0 Å². The van der Waals surface area contributed by atoms with Gasteiger partial charge in [-0.2, -0.15) is 0 Å². The fourth-order valence-corrected chi connectivity index (χ4v) is 1.59. The molecular formula is C13H11N3O2S. The number of ether oxygens (including phenoxy) is 1. The summed E-state index contributed by atoms with van der Waals surface area (Å²) in [5.74, 6) is -0.00152. The standard InChI is InChI=1S/C13H11N3O2S/c1-9(2)12(17)18-11-5-3-10(4-6-11)15-16-13-14-7-8-19-13/h3-8H,1H2,2H3. The van der Waals surface area contributed by atoms with E-state index in [-0.39, 0.29) is 0 Å². The molecule has 0 N–H and O–H groups in total. The third-order valence-corrected chi connectivity index (χ3v) is 2.72. The van der Waals surface area contributed by atoms with Crippen LogP contribution in [0.15, 0.2) is 58.2 Å². The number of nitrogens with zero attached hydrogens (tertiary/aromatic N) is 3. The number of benzene rings is 1. The summed E-state index contributed by atoms with van der Waals surface area (Å²) in [6, 6.07) is 6.71. The highest BCUT2D eigenvalue weighted by molar-refractivity contribution is 7.13. The number of hydrogen-bond donors (Lipinski definition) is 0. The van der Waals surface area contributed by atoms with Crippen LogP contribution in [0.2, 0.25) is 0 Å². The molecule has 1 aromatic heterocycles. The first-order valence-corrected chi connectivity index (χ1v) is 6.32. The van der Waals surface area contributed by atoms with E-state index in [0.717, 1.165) is 0 Å². The zero-order valence-electron chi connectivity index (χ0n) is 10.2. The molecule has 96 valence electrons. The van der Waals surface area contributed by atoms with Crippen LogP contribution >= 0.6 is 11.3 Å². The van der Waals surface area contributed by atoms with Gasteiger partial charge in [0.25, 0.3) is 0 Å². The second-order valence-corrected chi connectivity index (χ2v) is 4.55. The summed E-state index contributed by atoms with van der Waals surface area (Å²) in [6.45, 7) is 5.11. The normalized spacial score (nSPS) is 10.6.